The van der Waals surface area contributed by atoms with Crippen LogP contribution in [0.1, 0.15) is 20.3 Å². The number of benzene rings is 2. The number of nitrogens with two attached hydrogens (primary N) is 1. The van der Waals surface area contributed by atoms with Gasteiger partial charge in [-0.1, -0.05) is 32.0 Å². The van der Waals surface area contributed by atoms with Crippen LogP contribution in [0.2, 0.25) is 0 Å². The van der Waals surface area contributed by atoms with Crippen LogP contribution in [0.25, 0.3) is 0 Å². The Kier molecular flexibility index (Phi) is 11.7. The third-order valence-electron chi connectivity index (χ3n) is 6.76. The lowest BCUT2D eigenvalue weighted by Gasteiger charge is -2.39. The molecule has 1 saturated heterocycles. The highest BCUT2D eigenvalue weighted by Gasteiger charge is 2.48. The Morgan fingerprint density at radius 3 is 2.40 bits per heavy atom. The number of ether oxygens (including phenoxy) is 1. The lowest BCUT2D eigenvalue weighted by Crippen LogP contribution is -2.54. The first-order chi connectivity index (χ1) is 19.7. The van der Waals surface area contributed by atoms with E-state index in [0.29, 0.717) is 32.4 Å². The van der Waals surface area contributed by atoms with Crippen molar-refractivity contribution in [2.75, 3.05) is 50.5 Å². The third kappa shape index (κ3) is 8.83. The van der Waals surface area contributed by atoms with Crippen LogP contribution in [0.15, 0.2) is 63.2 Å². The van der Waals surface area contributed by atoms with Crippen molar-refractivity contribution in [1.82, 2.24) is 9.80 Å². The highest BCUT2D eigenvalue weighted by atomic mass is 32.2. The largest absolute Gasteiger partial charge is 0.501 e. The Hall–Kier alpha value is -2.37. The van der Waals surface area contributed by atoms with Gasteiger partial charge in [-0.15, -0.1) is 11.8 Å². The van der Waals surface area contributed by atoms with Crippen LogP contribution in [0.3, 0.4) is 0 Å². The quantitative estimate of drug-likeness (QED) is 0.313. The Bertz CT molecular complexity index is 1420. The maximum atomic E-state index is 13.6. The van der Waals surface area contributed by atoms with Gasteiger partial charge in [0.1, 0.15) is 4.90 Å². The van der Waals surface area contributed by atoms with Crippen molar-refractivity contribution in [2.24, 2.45) is 5.14 Å². The summed E-state index contributed by atoms with van der Waals surface area (Å²) in [5.74, 6) is -0.0912. The van der Waals surface area contributed by atoms with E-state index in [0.717, 1.165) is 30.1 Å². The number of alkyl halides is 3. The number of nitrogens with zero attached hydrogens (tertiary/aromatic N) is 2. The number of thioether (sulfide) groups is 1. The zero-order valence-corrected chi connectivity index (χ0v) is 25.7. The molecule has 1 aliphatic rings. The molecule has 0 spiro atoms. The summed E-state index contributed by atoms with van der Waals surface area (Å²) in [4.78, 5) is 16.2. The predicted molar refractivity (Wildman–Crippen MR) is 154 cm³/mol. The summed E-state index contributed by atoms with van der Waals surface area (Å²) in [6.45, 7) is 7.15. The van der Waals surface area contributed by atoms with E-state index in [4.69, 9.17) is 9.88 Å². The van der Waals surface area contributed by atoms with Crippen LogP contribution in [0.5, 0.6) is 0 Å². The first-order valence-corrected chi connectivity index (χ1v) is 17.2. The number of nitrogens with one attached hydrogen (secondary N) is 1. The first-order valence-electron chi connectivity index (χ1n) is 13.2. The Morgan fingerprint density at radius 1 is 1.14 bits per heavy atom. The summed E-state index contributed by atoms with van der Waals surface area (Å²) in [7, 11) is -10.5. The van der Waals surface area contributed by atoms with Crippen LogP contribution in [0, 0.1) is 0 Å². The van der Waals surface area contributed by atoms with Crippen molar-refractivity contribution in [1.29, 1.82) is 0 Å². The number of morpholine rings is 1. The number of likely N-dealkylation sites (N-methyl/N-ethyl adjacent to an activating group) is 1. The number of sulfonamides is 1. The molecule has 0 bridgehead atoms. The van der Waals surface area contributed by atoms with Crippen LogP contribution in [-0.4, -0.2) is 95.3 Å². The van der Waals surface area contributed by atoms with Crippen molar-refractivity contribution in [2.45, 2.75) is 52.5 Å². The second-order valence-corrected chi connectivity index (χ2v) is 14.2. The normalized spacial score (nSPS) is 17.3. The van der Waals surface area contributed by atoms with Crippen molar-refractivity contribution >= 4 is 43.2 Å². The van der Waals surface area contributed by atoms with Crippen LogP contribution in [0.4, 0.5) is 18.9 Å². The molecule has 0 aliphatic carbocycles. The fraction of sp³-hybridized carbons (Fsp3) is 0.500. The van der Waals surface area contributed by atoms with Gasteiger partial charge in [-0.25, -0.2) is 22.0 Å². The fourth-order valence-electron chi connectivity index (χ4n) is 4.47. The van der Waals surface area contributed by atoms with E-state index in [-0.39, 0.29) is 24.1 Å². The summed E-state index contributed by atoms with van der Waals surface area (Å²) in [6, 6.07) is 10.2. The first kappa shape index (κ1) is 34.1. The number of carbonyl (C=O) groups is 1. The molecule has 0 saturated carbocycles. The molecule has 2 aromatic rings. The van der Waals surface area contributed by atoms with Crippen molar-refractivity contribution < 1.29 is 39.5 Å². The number of rotatable bonds is 13. The molecule has 3 rings (SSSR count). The number of anilines is 1. The summed E-state index contributed by atoms with van der Waals surface area (Å²) in [5, 5.41) is 7.86. The monoisotopic (exact) mass is 652 g/mol. The highest BCUT2D eigenvalue weighted by molar-refractivity contribution is 7.99. The standard InChI is InChI=1S/C26H35F3N4O6S3/c1-3-32(4-2)16-20-17-39-13-12-33(20)25(34)14-19(18-40-21-8-6-5-7-9-21)31-23-11-10-22(42(30,37)38)15-24(23)41(35,36)26(27,28)29/h5-11,15,19-20,31H,3-4,12-14,16-18H2,1-2H3,(H2,30,37,38)/t19-,20-/m1/s1. The van der Waals surface area contributed by atoms with Crippen LogP contribution >= 0.6 is 11.8 Å². The summed E-state index contributed by atoms with van der Waals surface area (Å²) < 4.78 is 95.1. The third-order valence-corrected chi connectivity index (χ3v) is 10.4. The molecule has 0 unspecified atom stereocenters. The zero-order chi connectivity index (χ0) is 31.1. The van der Waals surface area contributed by atoms with E-state index in [2.05, 4.69) is 10.2 Å². The minimum absolute atomic E-state index is 0.170. The second-order valence-electron chi connectivity index (χ2n) is 9.62. The molecule has 1 heterocycles. The molecule has 1 aliphatic heterocycles. The maximum Gasteiger partial charge on any atom is 0.501 e. The maximum absolute atomic E-state index is 13.6. The van der Waals surface area contributed by atoms with Gasteiger partial charge >= 0.3 is 5.51 Å². The van der Waals surface area contributed by atoms with Gasteiger partial charge in [0.25, 0.3) is 9.84 Å². The zero-order valence-electron chi connectivity index (χ0n) is 23.2. The Labute approximate surface area is 248 Å². The van der Waals surface area contributed by atoms with Gasteiger partial charge in [0.2, 0.25) is 15.9 Å². The molecule has 3 N–H and O–H groups in total. The molecule has 0 radical (unpaired) electrons. The lowest BCUT2D eigenvalue weighted by molar-refractivity contribution is -0.140. The molecular formula is C26H35F3N4O6S3. The minimum atomic E-state index is -5.99. The number of amides is 1. The van der Waals surface area contributed by atoms with Gasteiger partial charge < -0.3 is 19.9 Å². The van der Waals surface area contributed by atoms with Crippen molar-refractivity contribution in [3.05, 3.63) is 48.5 Å². The van der Waals surface area contributed by atoms with Crippen LogP contribution < -0.4 is 10.5 Å². The molecular weight excluding hydrogens is 618 g/mol. The van der Waals surface area contributed by atoms with E-state index < -0.39 is 46.9 Å². The highest BCUT2D eigenvalue weighted by Crippen LogP contribution is 2.36. The smallest absolute Gasteiger partial charge is 0.380 e. The number of hydrogen-bond donors (Lipinski definition) is 2. The molecule has 2 aromatic carbocycles. The molecule has 16 heteroatoms. The Balaban J connectivity index is 1.96. The van der Waals surface area contributed by atoms with Gasteiger partial charge in [0.15, 0.2) is 0 Å². The molecule has 1 fully saturated rings. The van der Waals surface area contributed by atoms with Crippen LogP contribution in [-0.2, 0) is 29.4 Å². The topological polar surface area (TPSA) is 139 Å². The van der Waals surface area contributed by atoms with E-state index in [9.17, 15) is 34.8 Å². The molecule has 0 aromatic heterocycles. The SMILES string of the molecule is CCN(CC)C[C@@H]1COCCN1C(=O)C[C@H](CSc1ccccc1)Nc1ccc(S(N)(=O)=O)cc1S(=O)(=O)C(F)(F)F. The molecule has 10 nitrogen and oxygen atoms in total. The summed E-state index contributed by atoms with van der Waals surface area (Å²) in [6.07, 6.45) is -0.170. The van der Waals surface area contributed by atoms with Gasteiger partial charge in [-0.05, 0) is 43.4 Å². The fourth-order valence-corrected chi connectivity index (χ4v) is 6.98. The number of primary sulfonamides is 1. The molecule has 42 heavy (non-hydrogen) atoms. The van der Waals surface area contributed by atoms with E-state index in [1.807, 2.05) is 32.0 Å². The Morgan fingerprint density at radius 2 is 1.81 bits per heavy atom. The number of sulfone groups is 1. The predicted octanol–water partition coefficient (Wildman–Crippen LogP) is 3.16. The average Bonchev–Trinajstić information content (AvgIpc) is 2.94. The number of halogens is 3. The summed E-state index contributed by atoms with van der Waals surface area (Å²) >= 11 is 1.33. The van der Waals surface area contributed by atoms with Crippen molar-refractivity contribution in [3.63, 3.8) is 0 Å². The van der Waals surface area contributed by atoms with E-state index >= 15 is 0 Å². The lowest BCUT2D eigenvalue weighted by atomic mass is 10.1. The van der Waals surface area contributed by atoms with Gasteiger partial charge in [0, 0.05) is 36.2 Å². The second kappa shape index (κ2) is 14.4. The van der Waals surface area contributed by atoms with E-state index in [1.54, 1.807) is 17.0 Å². The average molecular weight is 653 g/mol. The van der Waals surface area contributed by atoms with E-state index in [1.165, 1.54) is 11.8 Å². The van der Waals surface area contributed by atoms with Gasteiger partial charge in [-0.3, -0.25) is 4.79 Å². The summed E-state index contributed by atoms with van der Waals surface area (Å²) in [5.41, 5.74) is -6.21. The van der Waals surface area contributed by atoms with Gasteiger partial charge in [-0.2, -0.15) is 13.2 Å². The molecule has 2 atom stereocenters. The van der Waals surface area contributed by atoms with Crippen molar-refractivity contribution in [3.8, 4) is 0 Å². The molecule has 1 amide bonds. The number of hydrogen-bond acceptors (Lipinski definition) is 9. The molecule has 234 valence electrons. The van der Waals surface area contributed by atoms with Gasteiger partial charge in [0.05, 0.1) is 29.8 Å². The number of carbonyl (C=O) groups excluding carboxylic acids is 1. The minimum Gasteiger partial charge on any atom is -0.380 e.